The second-order valence-corrected chi connectivity index (χ2v) is 5.69. The molecule has 2 heterocycles. The third-order valence-electron chi connectivity index (χ3n) is 3.60. The summed E-state index contributed by atoms with van der Waals surface area (Å²) < 4.78 is 10.3. The molecule has 0 unspecified atom stereocenters. The molecule has 0 bridgehead atoms. The van der Waals surface area contributed by atoms with Crippen LogP contribution in [-0.4, -0.2) is 53.5 Å². The van der Waals surface area contributed by atoms with Gasteiger partial charge in [-0.25, -0.2) is 4.79 Å². The molecule has 136 valence electrons. The van der Waals surface area contributed by atoms with Crippen molar-refractivity contribution in [3.8, 4) is 6.01 Å². The number of nitrogen functional groups attached to an aromatic ring is 1. The molecule has 0 aliphatic carbocycles. The molecule has 26 heavy (non-hydrogen) atoms. The van der Waals surface area contributed by atoms with Crippen LogP contribution >= 0.6 is 0 Å². The third-order valence-corrected chi connectivity index (χ3v) is 3.60. The number of hydrogen-bond acceptors (Lipinski definition) is 8. The van der Waals surface area contributed by atoms with Crippen molar-refractivity contribution in [2.75, 3.05) is 37.5 Å². The first-order valence-corrected chi connectivity index (χ1v) is 8.15. The van der Waals surface area contributed by atoms with Gasteiger partial charge in [-0.2, -0.15) is 15.1 Å². The number of amides is 1. The highest BCUT2D eigenvalue weighted by molar-refractivity contribution is 5.80. The summed E-state index contributed by atoms with van der Waals surface area (Å²) in [6.45, 7) is 3.61. The molecule has 1 aromatic carbocycles. The Bertz CT molecular complexity index is 811. The molecule has 3 rings (SSSR count). The number of nitrogens with zero attached hydrogens (tertiary/aromatic N) is 4. The number of rotatable bonds is 7. The average Bonchev–Trinajstić information content (AvgIpc) is 3.00. The Kier molecular flexibility index (Phi) is 5.47. The topological polar surface area (TPSA) is 115 Å². The first-order chi connectivity index (χ1) is 12.6. The van der Waals surface area contributed by atoms with Crippen molar-refractivity contribution in [2.45, 2.75) is 6.92 Å². The second kappa shape index (κ2) is 8.15. The average molecular weight is 356 g/mol. The molecule has 9 heteroatoms. The van der Waals surface area contributed by atoms with Crippen LogP contribution in [0.4, 0.5) is 16.4 Å². The standard InChI is InChI=1S/C17H20N6O3/c1-12-3-2-4-13(9-12)11-19-22-15-10-14(18)20-16(21-15)25-7-5-23-6-8-26-17(23)24/h2-4,9-11H,5-8H2,1H3,(H3,18,20,21,22). The number of nitrogens with one attached hydrogen (secondary N) is 1. The van der Waals surface area contributed by atoms with Gasteiger partial charge in [0.25, 0.3) is 0 Å². The zero-order valence-electron chi connectivity index (χ0n) is 14.4. The molecule has 0 atom stereocenters. The molecule has 1 aliphatic rings. The van der Waals surface area contributed by atoms with Gasteiger partial charge in [-0.1, -0.05) is 29.8 Å². The molecule has 1 saturated heterocycles. The van der Waals surface area contributed by atoms with Crippen LogP contribution in [0, 0.1) is 6.92 Å². The summed E-state index contributed by atoms with van der Waals surface area (Å²) >= 11 is 0. The van der Waals surface area contributed by atoms with E-state index in [1.54, 1.807) is 17.2 Å². The third kappa shape index (κ3) is 4.82. The number of cyclic esters (lactones) is 1. The van der Waals surface area contributed by atoms with Gasteiger partial charge >= 0.3 is 12.1 Å². The maximum Gasteiger partial charge on any atom is 0.410 e. The number of aryl methyl sites for hydroxylation is 1. The number of aromatic nitrogens is 2. The lowest BCUT2D eigenvalue weighted by atomic mass is 10.2. The molecule has 9 nitrogen and oxygen atoms in total. The van der Waals surface area contributed by atoms with E-state index in [1.165, 1.54) is 0 Å². The largest absolute Gasteiger partial charge is 0.461 e. The molecular formula is C17H20N6O3. The first-order valence-electron chi connectivity index (χ1n) is 8.15. The fourth-order valence-corrected chi connectivity index (χ4v) is 2.36. The summed E-state index contributed by atoms with van der Waals surface area (Å²) in [6, 6.07) is 9.61. The van der Waals surface area contributed by atoms with E-state index in [1.807, 2.05) is 31.2 Å². The lowest BCUT2D eigenvalue weighted by molar-refractivity contribution is 0.152. The number of benzene rings is 1. The molecule has 0 saturated carbocycles. The SMILES string of the molecule is Cc1cccc(C=NNc2cc(N)nc(OCCN3CCOC3=O)n2)c1. The Balaban J connectivity index is 1.55. The van der Waals surface area contributed by atoms with Crippen molar-refractivity contribution < 1.29 is 14.3 Å². The monoisotopic (exact) mass is 356 g/mol. The molecule has 0 radical (unpaired) electrons. The second-order valence-electron chi connectivity index (χ2n) is 5.69. The Hall–Kier alpha value is -3.36. The Morgan fingerprint density at radius 1 is 1.42 bits per heavy atom. The van der Waals surface area contributed by atoms with E-state index < -0.39 is 0 Å². The number of ether oxygens (including phenoxy) is 2. The minimum absolute atomic E-state index is 0.116. The predicted octanol–water partition coefficient (Wildman–Crippen LogP) is 1.64. The first kappa shape index (κ1) is 17.5. The summed E-state index contributed by atoms with van der Waals surface area (Å²) in [5, 5.41) is 4.14. The van der Waals surface area contributed by atoms with Crippen LogP contribution in [-0.2, 0) is 4.74 Å². The van der Waals surface area contributed by atoms with Gasteiger partial charge in [-0.05, 0) is 12.5 Å². The van der Waals surface area contributed by atoms with Gasteiger partial charge in [-0.3, -0.25) is 5.43 Å². The molecular weight excluding hydrogens is 336 g/mol. The minimum Gasteiger partial charge on any atom is -0.461 e. The quantitative estimate of drug-likeness (QED) is 0.572. The van der Waals surface area contributed by atoms with Gasteiger partial charge < -0.3 is 20.1 Å². The Morgan fingerprint density at radius 2 is 2.31 bits per heavy atom. The number of anilines is 2. The van der Waals surface area contributed by atoms with E-state index in [9.17, 15) is 4.79 Å². The highest BCUT2D eigenvalue weighted by Crippen LogP contribution is 2.13. The zero-order valence-corrected chi connectivity index (χ0v) is 14.4. The molecule has 1 fully saturated rings. The van der Waals surface area contributed by atoms with E-state index in [-0.39, 0.29) is 24.5 Å². The summed E-state index contributed by atoms with van der Waals surface area (Å²) in [5.41, 5.74) is 10.7. The van der Waals surface area contributed by atoms with Crippen LogP contribution in [0.1, 0.15) is 11.1 Å². The number of hydrogen-bond donors (Lipinski definition) is 2. The summed E-state index contributed by atoms with van der Waals surface area (Å²) in [7, 11) is 0. The minimum atomic E-state index is -0.338. The van der Waals surface area contributed by atoms with Gasteiger partial charge in [0, 0.05) is 6.07 Å². The van der Waals surface area contributed by atoms with Crippen molar-refractivity contribution in [3.63, 3.8) is 0 Å². The summed E-state index contributed by atoms with van der Waals surface area (Å²) in [4.78, 5) is 21.1. The van der Waals surface area contributed by atoms with Crippen LogP contribution in [0.5, 0.6) is 6.01 Å². The van der Waals surface area contributed by atoms with Crippen LogP contribution < -0.4 is 15.9 Å². The highest BCUT2D eigenvalue weighted by atomic mass is 16.6. The normalized spacial score (nSPS) is 13.9. The van der Waals surface area contributed by atoms with Crippen molar-refractivity contribution in [1.82, 2.24) is 14.9 Å². The number of nitrogens with two attached hydrogens (primary N) is 1. The summed E-state index contributed by atoms with van der Waals surface area (Å²) in [6.07, 6.45) is 1.35. The molecule has 1 aliphatic heterocycles. The molecule has 0 spiro atoms. The van der Waals surface area contributed by atoms with Gasteiger partial charge in [0.2, 0.25) is 0 Å². The summed E-state index contributed by atoms with van der Waals surface area (Å²) in [5.74, 6) is 0.667. The Labute approximate surface area is 150 Å². The molecule has 1 aromatic heterocycles. The number of hydrazone groups is 1. The van der Waals surface area contributed by atoms with Crippen molar-refractivity contribution in [3.05, 3.63) is 41.5 Å². The molecule has 3 N–H and O–H groups in total. The van der Waals surface area contributed by atoms with Gasteiger partial charge in [-0.15, -0.1) is 0 Å². The molecule has 2 aromatic rings. The van der Waals surface area contributed by atoms with Gasteiger partial charge in [0.1, 0.15) is 19.0 Å². The fraction of sp³-hybridized carbons (Fsp3) is 0.294. The van der Waals surface area contributed by atoms with E-state index in [0.29, 0.717) is 25.5 Å². The maximum atomic E-state index is 11.4. The van der Waals surface area contributed by atoms with Crippen molar-refractivity contribution in [1.29, 1.82) is 0 Å². The van der Waals surface area contributed by atoms with Crippen LogP contribution in [0.2, 0.25) is 0 Å². The highest BCUT2D eigenvalue weighted by Gasteiger charge is 2.21. The van der Waals surface area contributed by atoms with Crippen molar-refractivity contribution >= 4 is 23.9 Å². The number of carbonyl (C=O) groups excluding carboxylic acids is 1. The van der Waals surface area contributed by atoms with E-state index in [4.69, 9.17) is 15.2 Å². The number of carbonyl (C=O) groups is 1. The fourth-order valence-electron chi connectivity index (χ4n) is 2.36. The lowest BCUT2D eigenvalue weighted by Crippen LogP contribution is -2.29. The molecule has 1 amide bonds. The van der Waals surface area contributed by atoms with E-state index >= 15 is 0 Å². The van der Waals surface area contributed by atoms with E-state index in [0.717, 1.165) is 11.1 Å². The van der Waals surface area contributed by atoms with Crippen molar-refractivity contribution in [2.24, 2.45) is 5.10 Å². The van der Waals surface area contributed by atoms with Crippen LogP contribution in [0.15, 0.2) is 35.4 Å². The predicted molar refractivity (Wildman–Crippen MR) is 97.3 cm³/mol. The van der Waals surface area contributed by atoms with Gasteiger partial charge in [0.05, 0.1) is 19.3 Å². The lowest BCUT2D eigenvalue weighted by Gasteiger charge is -2.12. The Morgan fingerprint density at radius 3 is 3.08 bits per heavy atom. The zero-order chi connectivity index (χ0) is 18.4. The van der Waals surface area contributed by atoms with E-state index in [2.05, 4.69) is 20.5 Å². The van der Waals surface area contributed by atoms with Gasteiger partial charge in [0.15, 0.2) is 5.82 Å². The smallest absolute Gasteiger partial charge is 0.410 e. The van der Waals surface area contributed by atoms with Crippen LogP contribution in [0.25, 0.3) is 0 Å². The maximum absolute atomic E-state index is 11.4. The van der Waals surface area contributed by atoms with Crippen LogP contribution in [0.3, 0.4) is 0 Å².